The Bertz CT molecular complexity index is 388. The highest BCUT2D eigenvalue weighted by Crippen LogP contribution is 2.39. The van der Waals surface area contributed by atoms with E-state index >= 15 is 0 Å². The normalized spacial score (nSPS) is 10.0. The van der Waals surface area contributed by atoms with Gasteiger partial charge in [-0.15, -0.1) is 0 Å². The first-order valence-electron chi connectivity index (χ1n) is 4.99. The van der Waals surface area contributed by atoms with Crippen LogP contribution < -0.4 is 9.47 Å². The molecule has 0 saturated heterocycles. The highest BCUT2D eigenvalue weighted by Gasteiger charge is 2.15. The smallest absolute Gasteiger partial charge is 0.144 e. The first-order valence-corrected chi connectivity index (χ1v) is 5.37. The molecule has 0 amide bonds. The van der Waals surface area contributed by atoms with Gasteiger partial charge in [-0.2, -0.15) is 0 Å². The average Bonchev–Trinajstić information content (AvgIpc) is 2.26. The monoisotopic (exact) mass is 242 g/mol. The van der Waals surface area contributed by atoms with Crippen LogP contribution >= 0.6 is 11.6 Å². The van der Waals surface area contributed by atoms with Crippen LogP contribution in [0, 0.1) is 6.92 Å². The quantitative estimate of drug-likeness (QED) is 0.745. The molecule has 0 fully saturated rings. The Labute approximate surface area is 100 Å². The number of hydrogen-bond donors (Lipinski definition) is 0. The van der Waals surface area contributed by atoms with Crippen LogP contribution in [0.25, 0.3) is 0 Å². The van der Waals surface area contributed by atoms with Crippen LogP contribution in [-0.2, 0) is 11.2 Å². The molecule has 0 aliphatic heterocycles. The van der Waals surface area contributed by atoms with Crippen molar-refractivity contribution in [1.82, 2.24) is 0 Å². The molecule has 16 heavy (non-hydrogen) atoms. The average molecular weight is 243 g/mol. The van der Waals surface area contributed by atoms with E-state index in [4.69, 9.17) is 21.1 Å². The van der Waals surface area contributed by atoms with Crippen LogP contribution in [0.5, 0.6) is 11.5 Å². The Morgan fingerprint density at radius 1 is 1.31 bits per heavy atom. The van der Waals surface area contributed by atoms with Crippen molar-refractivity contribution in [1.29, 1.82) is 0 Å². The molecule has 0 N–H and O–H groups in total. The molecule has 0 aliphatic rings. The number of methoxy groups -OCH3 is 2. The number of aryl methyl sites for hydroxylation is 2. The van der Waals surface area contributed by atoms with Crippen molar-refractivity contribution in [3.63, 3.8) is 0 Å². The van der Waals surface area contributed by atoms with E-state index in [-0.39, 0.29) is 0 Å². The second-order valence-electron chi connectivity index (χ2n) is 3.44. The Morgan fingerprint density at radius 3 is 2.44 bits per heavy atom. The number of rotatable bonds is 5. The third-order valence-corrected chi connectivity index (χ3v) is 2.72. The van der Waals surface area contributed by atoms with Crippen molar-refractivity contribution < 1.29 is 14.3 Å². The summed E-state index contributed by atoms with van der Waals surface area (Å²) in [6.45, 7) is 1.91. The van der Waals surface area contributed by atoms with Gasteiger partial charge in [0.05, 0.1) is 14.2 Å². The number of halogens is 1. The zero-order chi connectivity index (χ0) is 12.1. The lowest BCUT2D eigenvalue weighted by atomic mass is 10.0. The van der Waals surface area contributed by atoms with Gasteiger partial charge in [-0.25, -0.2) is 0 Å². The standard InChI is InChI=1S/C12H15ClO3/c1-8-7-9(5-4-6-14)12(16-3)10(13)11(8)15-2/h6-7H,4-5H2,1-3H3. The molecule has 0 spiro atoms. The third-order valence-electron chi connectivity index (χ3n) is 2.38. The minimum absolute atomic E-state index is 0.457. The summed E-state index contributed by atoms with van der Waals surface area (Å²) in [5, 5.41) is 0.464. The molecule has 0 unspecified atom stereocenters. The van der Waals surface area contributed by atoms with Gasteiger partial charge in [-0.1, -0.05) is 11.6 Å². The maximum absolute atomic E-state index is 10.4. The molecule has 0 atom stereocenters. The predicted molar refractivity (Wildman–Crippen MR) is 63.7 cm³/mol. The van der Waals surface area contributed by atoms with Crippen LogP contribution in [-0.4, -0.2) is 20.5 Å². The van der Waals surface area contributed by atoms with Crippen LogP contribution in [0.2, 0.25) is 5.02 Å². The van der Waals surface area contributed by atoms with Crippen LogP contribution in [0.1, 0.15) is 17.5 Å². The number of carbonyl (C=O) groups excluding carboxylic acids is 1. The van der Waals surface area contributed by atoms with E-state index < -0.39 is 0 Å². The van der Waals surface area contributed by atoms with E-state index in [0.29, 0.717) is 29.4 Å². The van der Waals surface area contributed by atoms with Gasteiger partial charge >= 0.3 is 0 Å². The van der Waals surface area contributed by atoms with Crippen molar-refractivity contribution in [3.8, 4) is 11.5 Å². The van der Waals surface area contributed by atoms with Crippen LogP contribution in [0.15, 0.2) is 6.07 Å². The molecule has 4 heteroatoms. The summed E-state index contributed by atoms with van der Waals surface area (Å²) in [6, 6.07) is 1.94. The zero-order valence-corrected chi connectivity index (χ0v) is 10.4. The van der Waals surface area contributed by atoms with Gasteiger partial charge in [0.1, 0.15) is 22.8 Å². The lowest BCUT2D eigenvalue weighted by molar-refractivity contribution is -0.107. The fraction of sp³-hybridized carbons (Fsp3) is 0.417. The van der Waals surface area contributed by atoms with Crippen molar-refractivity contribution in [2.24, 2.45) is 0 Å². The molecule has 1 rings (SSSR count). The minimum Gasteiger partial charge on any atom is -0.495 e. The summed E-state index contributed by atoms with van der Waals surface area (Å²) in [7, 11) is 3.12. The van der Waals surface area contributed by atoms with Crippen LogP contribution in [0.4, 0.5) is 0 Å². The molecular formula is C12H15ClO3. The summed E-state index contributed by atoms with van der Waals surface area (Å²) >= 11 is 6.16. The fourth-order valence-corrected chi connectivity index (χ4v) is 2.11. The molecule has 0 radical (unpaired) electrons. The van der Waals surface area contributed by atoms with Gasteiger partial charge in [0.15, 0.2) is 0 Å². The largest absolute Gasteiger partial charge is 0.495 e. The van der Waals surface area contributed by atoms with E-state index in [0.717, 1.165) is 17.4 Å². The molecular weight excluding hydrogens is 228 g/mol. The second kappa shape index (κ2) is 5.75. The van der Waals surface area contributed by atoms with Gasteiger partial charge in [-0.05, 0) is 30.5 Å². The topological polar surface area (TPSA) is 35.5 Å². The molecule has 88 valence electrons. The molecule has 3 nitrogen and oxygen atoms in total. The van der Waals surface area contributed by atoms with Crippen molar-refractivity contribution in [3.05, 3.63) is 22.2 Å². The Morgan fingerprint density at radius 2 is 1.94 bits per heavy atom. The first-order chi connectivity index (χ1) is 7.65. The van der Waals surface area contributed by atoms with E-state index in [9.17, 15) is 4.79 Å². The first kappa shape index (κ1) is 12.8. The minimum atomic E-state index is 0.457. The summed E-state index contributed by atoms with van der Waals surface area (Å²) in [5.74, 6) is 1.21. The zero-order valence-electron chi connectivity index (χ0n) is 9.67. The Kier molecular flexibility index (Phi) is 4.62. The second-order valence-corrected chi connectivity index (χ2v) is 3.82. The van der Waals surface area contributed by atoms with Crippen molar-refractivity contribution in [2.75, 3.05) is 14.2 Å². The van der Waals surface area contributed by atoms with Crippen molar-refractivity contribution in [2.45, 2.75) is 19.8 Å². The maximum Gasteiger partial charge on any atom is 0.144 e. The highest BCUT2D eigenvalue weighted by molar-refractivity contribution is 6.33. The molecule has 0 aromatic heterocycles. The van der Waals surface area contributed by atoms with E-state index in [2.05, 4.69) is 0 Å². The Balaban J connectivity index is 3.23. The third kappa shape index (κ3) is 2.47. The van der Waals surface area contributed by atoms with Gasteiger partial charge in [-0.3, -0.25) is 0 Å². The predicted octanol–water partition coefficient (Wildman–Crippen LogP) is 2.80. The summed E-state index contributed by atoms with van der Waals surface area (Å²) in [6.07, 6.45) is 1.96. The molecule has 0 saturated carbocycles. The van der Waals surface area contributed by atoms with Gasteiger partial charge in [0, 0.05) is 6.42 Å². The van der Waals surface area contributed by atoms with E-state index in [1.54, 1.807) is 14.2 Å². The summed E-state index contributed by atoms with van der Waals surface area (Å²) < 4.78 is 10.4. The molecule has 1 aromatic carbocycles. The SMILES string of the molecule is COc1c(C)cc(CCC=O)c(OC)c1Cl. The van der Waals surface area contributed by atoms with E-state index in [1.165, 1.54) is 0 Å². The van der Waals surface area contributed by atoms with Crippen molar-refractivity contribution >= 4 is 17.9 Å². The number of aldehydes is 1. The summed E-state index contributed by atoms with van der Waals surface area (Å²) in [5.41, 5.74) is 1.87. The highest BCUT2D eigenvalue weighted by atomic mass is 35.5. The molecule has 0 bridgehead atoms. The van der Waals surface area contributed by atoms with E-state index in [1.807, 2.05) is 13.0 Å². The Hall–Kier alpha value is -1.22. The number of ether oxygens (including phenoxy) is 2. The maximum atomic E-state index is 10.4. The lowest BCUT2D eigenvalue weighted by Gasteiger charge is -2.15. The fourth-order valence-electron chi connectivity index (χ4n) is 1.68. The molecule has 0 aliphatic carbocycles. The molecule has 1 aromatic rings. The van der Waals surface area contributed by atoms with Crippen LogP contribution in [0.3, 0.4) is 0 Å². The lowest BCUT2D eigenvalue weighted by Crippen LogP contribution is -1.98. The van der Waals surface area contributed by atoms with Gasteiger partial charge in [0.2, 0.25) is 0 Å². The molecule has 0 heterocycles. The summed E-state index contributed by atoms with van der Waals surface area (Å²) in [4.78, 5) is 10.4. The number of benzene rings is 1. The number of carbonyl (C=O) groups is 1. The number of hydrogen-bond acceptors (Lipinski definition) is 3. The van der Waals surface area contributed by atoms with Gasteiger partial charge < -0.3 is 14.3 Å². The van der Waals surface area contributed by atoms with Gasteiger partial charge in [0.25, 0.3) is 0 Å².